The number of ether oxygens (including phenoxy) is 3. The van der Waals surface area contributed by atoms with Gasteiger partial charge in [-0.15, -0.1) is 0 Å². The first-order valence-corrected chi connectivity index (χ1v) is 7.89. The van der Waals surface area contributed by atoms with Gasteiger partial charge in [-0.25, -0.2) is 9.67 Å². The highest BCUT2D eigenvalue weighted by molar-refractivity contribution is 5.84. The van der Waals surface area contributed by atoms with E-state index in [0.29, 0.717) is 36.9 Å². The first-order valence-electron chi connectivity index (χ1n) is 7.89. The van der Waals surface area contributed by atoms with E-state index < -0.39 is 5.79 Å². The summed E-state index contributed by atoms with van der Waals surface area (Å²) in [6.45, 7) is 3.59. The van der Waals surface area contributed by atoms with Gasteiger partial charge in [0, 0.05) is 5.39 Å². The smallest absolute Gasteiger partial charge is 0.248 e. The lowest BCUT2D eigenvalue weighted by atomic mass is 10.1. The van der Waals surface area contributed by atoms with E-state index >= 15 is 0 Å². The van der Waals surface area contributed by atoms with E-state index in [9.17, 15) is 0 Å². The summed E-state index contributed by atoms with van der Waals surface area (Å²) in [6.07, 6.45) is 3.97. The molecule has 1 aromatic carbocycles. The Morgan fingerprint density at radius 1 is 1.25 bits per heavy atom. The molecule has 1 saturated heterocycles. The summed E-state index contributed by atoms with van der Waals surface area (Å²) in [4.78, 5) is 3.98. The average Bonchev–Trinajstić information content (AvgIpc) is 3.24. The molecule has 0 amide bonds. The first kappa shape index (κ1) is 15.2. The third-order valence-corrected chi connectivity index (χ3v) is 4.12. The zero-order chi connectivity index (χ0) is 16.6. The van der Waals surface area contributed by atoms with E-state index in [-0.39, 0.29) is 0 Å². The zero-order valence-corrected chi connectivity index (χ0v) is 13.7. The molecule has 7 nitrogen and oxygen atoms in total. The summed E-state index contributed by atoms with van der Waals surface area (Å²) in [5.74, 6) is 0.295. The molecule has 0 radical (unpaired) electrons. The third-order valence-electron chi connectivity index (χ3n) is 4.12. The molecule has 0 aliphatic carbocycles. The lowest BCUT2D eigenvalue weighted by molar-refractivity contribution is -0.292. The van der Waals surface area contributed by atoms with Crippen LogP contribution in [-0.2, 0) is 21.8 Å². The normalized spacial score (nSPS) is 17.2. The van der Waals surface area contributed by atoms with Gasteiger partial charge in [-0.3, -0.25) is 0 Å². The number of fused-ring (bicyclic) bond motifs is 1. The van der Waals surface area contributed by atoms with Gasteiger partial charge in [-0.2, -0.15) is 5.10 Å². The van der Waals surface area contributed by atoms with E-state index in [1.807, 2.05) is 19.1 Å². The molecular formula is C17H19N3O4. The molecule has 1 aliphatic heterocycles. The molecule has 2 aromatic heterocycles. The molecule has 3 heterocycles. The van der Waals surface area contributed by atoms with Crippen LogP contribution in [0, 0.1) is 6.92 Å². The minimum absolute atomic E-state index is 0.369. The number of hydrogen-bond acceptors (Lipinski definition) is 6. The highest BCUT2D eigenvalue weighted by Gasteiger charge is 2.41. The molecule has 1 fully saturated rings. The number of furan rings is 1. The number of aromatic nitrogens is 3. The molecule has 0 N–H and O–H groups in total. The molecule has 126 valence electrons. The molecule has 3 aromatic rings. The molecule has 7 heteroatoms. The Balaban J connectivity index is 1.81. The van der Waals surface area contributed by atoms with Crippen LogP contribution < -0.4 is 4.74 Å². The second kappa shape index (κ2) is 5.92. The zero-order valence-electron chi connectivity index (χ0n) is 13.7. The van der Waals surface area contributed by atoms with E-state index in [4.69, 9.17) is 18.6 Å². The summed E-state index contributed by atoms with van der Waals surface area (Å²) < 4.78 is 25.3. The third kappa shape index (κ3) is 2.55. The topological polar surface area (TPSA) is 71.5 Å². The lowest BCUT2D eigenvalue weighted by Crippen LogP contribution is -2.41. The van der Waals surface area contributed by atoms with Crippen molar-refractivity contribution in [3.63, 3.8) is 0 Å². The fourth-order valence-electron chi connectivity index (χ4n) is 3.02. The van der Waals surface area contributed by atoms with Crippen LogP contribution in [0.15, 0.2) is 35.3 Å². The van der Waals surface area contributed by atoms with Crippen molar-refractivity contribution in [1.29, 1.82) is 0 Å². The van der Waals surface area contributed by atoms with Crippen molar-refractivity contribution < 1.29 is 18.6 Å². The molecular weight excluding hydrogens is 310 g/mol. The fourth-order valence-corrected chi connectivity index (χ4v) is 3.02. The molecule has 0 bridgehead atoms. The SMILES string of the molecule is COc1cc(C)cc2cc(C3(Cn4cncn4)OCCCO3)oc12. The van der Waals surface area contributed by atoms with Gasteiger partial charge < -0.3 is 18.6 Å². The van der Waals surface area contributed by atoms with Crippen molar-refractivity contribution in [3.05, 3.63) is 42.2 Å². The monoisotopic (exact) mass is 329 g/mol. The molecule has 0 spiro atoms. The summed E-state index contributed by atoms with van der Waals surface area (Å²) in [5.41, 5.74) is 1.79. The van der Waals surface area contributed by atoms with E-state index in [1.165, 1.54) is 6.33 Å². The van der Waals surface area contributed by atoms with Gasteiger partial charge in [-0.05, 0) is 37.1 Å². The van der Waals surface area contributed by atoms with Crippen molar-refractivity contribution in [3.8, 4) is 5.75 Å². The summed E-state index contributed by atoms with van der Waals surface area (Å²) >= 11 is 0. The van der Waals surface area contributed by atoms with Gasteiger partial charge in [-0.1, -0.05) is 0 Å². The van der Waals surface area contributed by atoms with Gasteiger partial charge in [0.25, 0.3) is 0 Å². The predicted molar refractivity (Wildman–Crippen MR) is 85.7 cm³/mol. The maximum Gasteiger partial charge on any atom is 0.248 e. The van der Waals surface area contributed by atoms with Crippen molar-refractivity contribution in [2.24, 2.45) is 0 Å². The average molecular weight is 329 g/mol. The minimum atomic E-state index is -1.01. The summed E-state index contributed by atoms with van der Waals surface area (Å²) in [7, 11) is 1.63. The molecule has 0 unspecified atom stereocenters. The molecule has 24 heavy (non-hydrogen) atoms. The summed E-state index contributed by atoms with van der Waals surface area (Å²) in [6, 6.07) is 5.95. The number of aryl methyl sites for hydroxylation is 1. The molecule has 0 atom stereocenters. The van der Waals surface area contributed by atoms with Crippen LogP contribution in [0.2, 0.25) is 0 Å². The lowest BCUT2D eigenvalue weighted by Gasteiger charge is -2.35. The quantitative estimate of drug-likeness (QED) is 0.733. The van der Waals surface area contributed by atoms with Gasteiger partial charge in [0.2, 0.25) is 5.79 Å². The molecule has 1 aliphatic rings. The highest BCUT2D eigenvalue weighted by Crippen LogP contribution is 2.39. The Kier molecular flexibility index (Phi) is 3.74. The Morgan fingerprint density at radius 3 is 2.79 bits per heavy atom. The minimum Gasteiger partial charge on any atom is -0.493 e. The van der Waals surface area contributed by atoms with E-state index in [2.05, 4.69) is 16.1 Å². The van der Waals surface area contributed by atoms with Gasteiger partial charge >= 0.3 is 0 Å². The predicted octanol–water partition coefficient (Wildman–Crippen LogP) is 2.63. The Hall–Kier alpha value is -2.38. The highest BCUT2D eigenvalue weighted by atomic mass is 16.7. The Bertz CT molecular complexity index is 835. The van der Waals surface area contributed by atoms with Gasteiger partial charge in [0.1, 0.15) is 19.2 Å². The van der Waals surface area contributed by atoms with Crippen molar-refractivity contribution in [2.45, 2.75) is 25.7 Å². The maximum atomic E-state index is 6.10. The van der Waals surface area contributed by atoms with Crippen LogP contribution in [0.1, 0.15) is 17.7 Å². The Morgan fingerprint density at radius 2 is 2.08 bits per heavy atom. The maximum absolute atomic E-state index is 6.10. The van der Waals surface area contributed by atoms with Crippen molar-refractivity contribution in [2.75, 3.05) is 20.3 Å². The van der Waals surface area contributed by atoms with E-state index in [0.717, 1.165) is 17.4 Å². The summed E-state index contributed by atoms with van der Waals surface area (Å²) in [5, 5.41) is 5.12. The van der Waals surface area contributed by atoms with E-state index in [1.54, 1.807) is 18.1 Å². The van der Waals surface area contributed by atoms with Crippen LogP contribution in [0.25, 0.3) is 11.0 Å². The van der Waals surface area contributed by atoms with Crippen LogP contribution in [0.5, 0.6) is 5.75 Å². The second-order valence-corrected chi connectivity index (χ2v) is 5.89. The molecule has 4 rings (SSSR count). The number of hydrogen-bond donors (Lipinski definition) is 0. The van der Waals surface area contributed by atoms with Crippen LogP contribution in [0.4, 0.5) is 0 Å². The van der Waals surface area contributed by atoms with Crippen molar-refractivity contribution in [1.82, 2.24) is 14.8 Å². The van der Waals surface area contributed by atoms with Crippen LogP contribution in [0.3, 0.4) is 0 Å². The van der Waals surface area contributed by atoms with Gasteiger partial charge in [0.15, 0.2) is 17.1 Å². The number of methoxy groups -OCH3 is 1. The largest absolute Gasteiger partial charge is 0.493 e. The number of nitrogens with zero attached hydrogens (tertiary/aromatic N) is 3. The second-order valence-electron chi connectivity index (χ2n) is 5.89. The van der Waals surface area contributed by atoms with Crippen LogP contribution >= 0.6 is 0 Å². The fraction of sp³-hybridized carbons (Fsp3) is 0.412. The van der Waals surface area contributed by atoms with Crippen molar-refractivity contribution >= 4 is 11.0 Å². The molecule has 0 saturated carbocycles. The Labute approximate surface area is 139 Å². The number of benzene rings is 1. The first-order chi connectivity index (χ1) is 11.7. The van der Waals surface area contributed by atoms with Crippen LogP contribution in [-0.4, -0.2) is 35.1 Å². The number of rotatable bonds is 4. The standard InChI is InChI=1S/C17H19N3O4/c1-12-6-13-8-15(24-16(13)14(7-12)21-2)17(22-4-3-5-23-17)9-20-11-18-10-19-20/h6-8,10-11H,3-5,9H2,1-2H3. The van der Waals surface area contributed by atoms with Gasteiger partial charge in [0.05, 0.1) is 20.3 Å².